The molecule has 1 aliphatic rings. The Morgan fingerprint density at radius 3 is 3.06 bits per heavy atom. The number of hydrogen-bond acceptors (Lipinski definition) is 3. The van der Waals surface area contributed by atoms with Crippen LogP contribution >= 0.6 is 0 Å². The topological polar surface area (TPSA) is 75.7 Å². The summed E-state index contributed by atoms with van der Waals surface area (Å²) in [5.41, 5.74) is 7.34. The first-order valence-electron chi connectivity index (χ1n) is 5.58. The molecule has 3 N–H and O–H groups in total. The fourth-order valence-electron chi connectivity index (χ4n) is 1.75. The van der Waals surface area contributed by atoms with Crippen molar-refractivity contribution in [2.45, 2.75) is 19.4 Å². The number of carbonyl (C=O) groups is 1. The van der Waals surface area contributed by atoms with Gasteiger partial charge in [-0.1, -0.05) is 24.8 Å². The van der Waals surface area contributed by atoms with Crippen LogP contribution in [0, 0.1) is 5.92 Å². The average Bonchev–Trinajstić information content (AvgIpc) is 2.31. The summed E-state index contributed by atoms with van der Waals surface area (Å²) >= 11 is 0. The number of nitrogens with two attached hydrogens (primary N) is 1. The van der Waals surface area contributed by atoms with E-state index >= 15 is 0 Å². The molecule has 0 aromatic rings. The third-order valence-electron chi connectivity index (χ3n) is 2.63. The van der Waals surface area contributed by atoms with Crippen LogP contribution in [-0.4, -0.2) is 29.4 Å². The summed E-state index contributed by atoms with van der Waals surface area (Å²) in [5.74, 6) is -0.898. The van der Waals surface area contributed by atoms with Crippen molar-refractivity contribution in [3.05, 3.63) is 36.5 Å². The summed E-state index contributed by atoms with van der Waals surface area (Å²) in [6.07, 6.45) is 7.97. The highest BCUT2D eigenvalue weighted by Gasteiger charge is 2.20. The minimum Gasteiger partial charge on any atom is -0.480 e. The summed E-state index contributed by atoms with van der Waals surface area (Å²) in [5, 5.41) is 8.76. The zero-order chi connectivity index (χ0) is 12.8. The summed E-state index contributed by atoms with van der Waals surface area (Å²) in [4.78, 5) is 15.1. The monoisotopic (exact) mass is 234 g/mol. The highest BCUT2D eigenvalue weighted by Crippen LogP contribution is 2.18. The van der Waals surface area contributed by atoms with Crippen LogP contribution in [0.2, 0.25) is 0 Å². The molecule has 17 heavy (non-hydrogen) atoms. The molecular formula is C13H18N2O2. The lowest BCUT2D eigenvalue weighted by Crippen LogP contribution is -2.33. The van der Waals surface area contributed by atoms with Crippen LogP contribution in [0.5, 0.6) is 0 Å². The maximum Gasteiger partial charge on any atom is 0.320 e. The number of allylic oxidation sites excluding steroid dienone is 4. The van der Waals surface area contributed by atoms with E-state index in [2.05, 4.69) is 11.6 Å². The van der Waals surface area contributed by atoms with Crippen molar-refractivity contribution < 1.29 is 9.90 Å². The van der Waals surface area contributed by atoms with Crippen LogP contribution in [0.25, 0.3) is 0 Å². The van der Waals surface area contributed by atoms with E-state index in [0.29, 0.717) is 13.0 Å². The minimum absolute atomic E-state index is 0.0723. The van der Waals surface area contributed by atoms with Crippen LogP contribution in [-0.2, 0) is 4.79 Å². The van der Waals surface area contributed by atoms with E-state index < -0.39 is 12.0 Å². The largest absolute Gasteiger partial charge is 0.480 e. The van der Waals surface area contributed by atoms with Crippen molar-refractivity contribution in [1.29, 1.82) is 0 Å². The average molecular weight is 234 g/mol. The summed E-state index contributed by atoms with van der Waals surface area (Å²) < 4.78 is 0. The van der Waals surface area contributed by atoms with E-state index in [1.54, 1.807) is 6.08 Å². The van der Waals surface area contributed by atoms with Crippen LogP contribution in [0.15, 0.2) is 41.4 Å². The Morgan fingerprint density at radius 2 is 2.53 bits per heavy atom. The van der Waals surface area contributed by atoms with Crippen molar-refractivity contribution in [2.75, 3.05) is 6.54 Å². The number of aliphatic imine (C=N–C) groups is 1. The molecule has 0 aliphatic carbocycles. The number of dihydropyridines is 1. The SMILES string of the molecule is C=CC1=CC(C[C@H](N)C(=O)O)CN=C1/C=C/C. The van der Waals surface area contributed by atoms with E-state index in [9.17, 15) is 4.79 Å². The molecule has 2 atom stereocenters. The van der Waals surface area contributed by atoms with E-state index in [1.165, 1.54) is 0 Å². The smallest absolute Gasteiger partial charge is 0.320 e. The standard InChI is InChI=1S/C13H18N2O2/c1-3-5-12-10(4-2)6-9(8-15-12)7-11(14)13(16)17/h3-6,9,11H,2,7-8,14H2,1H3,(H,16,17)/b5-3+/t9?,11-/m0/s1. The molecule has 1 rings (SSSR count). The van der Waals surface area contributed by atoms with Crippen molar-refractivity contribution in [3.8, 4) is 0 Å². The number of carboxylic acids is 1. The maximum absolute atomic E-state index is 10.7. The first-order valence-corrected chi connectivity index (χ1v) is 5.58. The van der Waals surface area contributed by atoms with Crippen LogP contribution in [0.1, 0.15) is 13.3 Å². The molecule has 0 aromatic carbocycles. The molecule has 0 saturated heterocycles. The Balaban J connectivity index is 2.74. The third kappa shape index (κ3) is 3.67. The summed E-state index contributed by atoms with van der Waals surface area (Å²) in [6.45, 7) is 6.24. The second-order valence-corrected chi connectivity index (χ2v) is 3.99. The highest BCUT2D eigenvalue weighted by atomic mass is 16.4. The molecule has 0 saturated carbocycles. The van der Waals surface area contributed by atoms with E-state index in [1.807, 2.05) is 25.2 Å². The van der Waals surface area contributed by atoms with Gasteiger partial charge >= 0.3 is 5.97 Å². The number of aliphatic carboxylic acids is 1. The minimum atomic E-state index is -0.971. The molecule has 1 unspecified atom stereocenters. The van der Waals surface area contributed by atoms with Crippen molar-refractivity contribution in [3.63, 3.8) is 0 Å². The van der Waals surface area contributed by atoms with Gasteiger partial charge in [0.1, 0.15) is 6.04 Å². The second-order valence-electron chi connectivity index (χ2n) is 3.99. The zero-order valence-electron chi connectivity index (χ0n) is 9.97. The number of carboxylic acid groups (broad SMARTS) is 1. The van der Waals surface area contributed by atoms with Crippen molar-refractivity contribution >= 4 is 11.7 Å². The highest BCUT2D eigenvalue weighted by molar-refractivity contribution is 6.10. The molecule has 1 aliphatic heterocycles. The van der Waals surface area contributed by atoms with Gasteiger partial charge in [0.15, 0.2) is 0 Å². The van der Waals surface area contributed by atoms with E-state index in [0.717, 1.165) is 11.3 Å². The van der Waals surface area contributed by atoms with Gasteiger partial charge in [-0.3, -0.25) is 9.79 Å². The quantitative estimate of drug-likeness (QED) is 0.757. The molecule has 4 nitrogen and oxygen atoms in total. The van der Waals surface area contributed by atoms with Crippen LogP contribution in [0.4, 0.5) is 0 Å². The lowest BCUT2D eigenvalue weighted by Gasteiger charge is -2.19. The first kappa shape index (κ1) is 13.4. The number of nitrogens with zero attached hydrogens (tertiary/aromatic N) is 1. The molecule has 0 fully saturated rings. The molecule has 92 valence electrons. The molecule has 0 aromatic heterocycles. The predicted octanol–water partition coefficient (Wildman–Crippen LogP) is 1.55. The zero-order valence-corrected chi connectivity index (χ0v) is 9.97. The Labute approximate surface area is 101 Å². The van der Waals surface area contributed by atoms with Gasteiger partial charge in [0, 0.05) is 6.54 Å². The Kier molecular flexibility index (Phi) is 4.84. The normalized spacial score (nSPS) is 21.9. The third-order valence-corrected chi connectivity index (χ3v) is 2.63. The van der Waals surface area contributed by atoms with Gasteiger partial charge in [-0.2, -0.15) is 0 Å². The van der Waals surface area contributed by atoms with Gasteiger partial charge in [-0.25, -0.2) is 0 Å². The Bertz CT molecular complexity index is 394. The van der Waals surface area contributed by atoms with Gasteiger partial charge < -0.3 is 10.8 Å². The second kappa shape index (κ2) is 6.15. The summed E-state index contributed by atoms with van der Waals surface area (Å²) in [6, 6.07) is -0.833. The molecular weight excluding hydrogens is 216 g/mol. The van der Waals surface area contributed by atoms with Gasteiger partial charge in [-0.15, -0.1) is 0 Å². The molecule has 0 amide bonds. The van der Waals surface area contributed by atoms with Crippen LogP contribution < -0.4 is 5.73 Å². The fraction of sp³-hybridized carbons (Fsp3) is 0.385. The van der Waals surface area contributed by atoms with Gasteiger partial charge in [0.05, 0.1) is 5.71 Å². The molecule has 1 heterocycles. The summed E-state index contributed by atoms with van der Waals surface area (Å²) in [7, 11) is 0. The predicted molar refractivity (Wildman–Crippen MR) is 69.1 cm³/mol. The maximum atomic E-state index is 10.7. The van der Waals surface area contributed by atoms with Crippen molar-refractivity contribution in [1.82, 2.24) is 0 Å². The van der Waals surface area contributed by atoms with E-state index in [-0.39, 0.29) is 5.92 Å². The van der Waals surface area contributed by atoms with Crippen molar-refractivity contribution in [2.24, 2.45) is 16.6 Å². The first-order chi connectivity index (χ1) is 8.08. The lowest BCUT2D eigenvalue weighted by atomic mass is 9.93. The van der Waals surface area contributed by atoms with Gasteiger partial charge in [0.2, 0.25) is 0 Å². The lowest BCUT2D eigenvalue weighted by molar-refractivity contribution is -0.138. The molecule has 0 spiro atoms. The molecule has 0 radical (unpaired) electrons. The van der Waals surface area contributed by atoms with Crippen LogP contribution in [0.3, 0.4) is 0 Å². The van der Waals surface area contributed by atoms with Gasteiger partial charge in [-0.05, 0) is 30.9 Å². The Morgan fingerprint density at radius 1 is 1.82 bits per heavy atom. The van der Waals surface area contributed by atoms with Gasteiger partial charge in [0.25, 0.3) is 0 Å². The number of hydrogen-bond donors (Lipinski definition) is 2. The fourth-order valence-corrected chi connectivity index (χ4v) is 1.75. The Hall–Kier alpha value is -1.68. The number of rotatable bonds is 5. The molecule has 0 bridgehead atoms. The molecule has 4 heteroatoms. The van der Waals surface area contributed by atoms with E-state index in [4.69, 9.17) is 10.8 Å².